The molecule has 0 atom stereocenters. The Balaban J connectivity index is 2.97. The van der Waals surface area contributed by atoms with Gasteiger partial charge in [-0.25, -0.2) is 9.97 Å². The Hall–Kier alpha value is -1.65. The van der Waals surface area contributed by atoms with E-state index < -0.39 is 0 Å². The van der Waals surface area contributed by atoms with Crippen LogP contribution in [0.4, 0.5) is 5.82 Å². The number of nitrogens with one attached hydrogen (secondary N) is 2. The van der Waals surface area contributed by atoms with Gasteiger partial charge in [-0.15, -0.1) is 0 Å². The largest absolute Gasteiger partial charge is 0.366 e. The summed E-state index contributed by atoms with van der Waals surface area (Å²) in [6.07, 6.45) is 3.05. The van der Waals surface area contributed by atoms with Crippen LogP contribution in [0, 0.1) is 0 Å². The Morgan fingerprint density at radius 1 is 1.36 bits per heavy atom. The predicted octanol–water partition coefficient (Wildman–Crippen LogP) is 0.656. The zero-order valence-corrected chi connectivity index (χ0v) is 8.53. The van der Waals surface area contributed by atoms with Crippen LogP contribution in [0.2, 0.25) is 0 Å². The summed E-state index contributed by atoms with van der Waals surface area (Å²) in [5.74, 6) is 0.281. The summed E-state index contributed by atoms with van der Waals surface area (Å²) in [6.45, 7) is 3.95. The lowest BCUT2D eigenvalue weighted by Crippen LogP contribution is -2.23. The van der Waals surface area contributed by atoms with Crippen molar-refractivity contribution < 1.29 is 4.79 Å². The third kappa shape index (κ3) is 2.42. The summed E-state index contributed by atoms with van der Waals surface area (Å²) < 4.78 is 0. The van der Waals surface area contributed by atoms with E-state index in [2.05, 4.69) is 20.6 Å². The van der Waals surface area contributed by atoms with Gasteiger partial charge >= 0.3 is 0 Å². The van der Waals surface area contributed by atoms with Crippen molar-refractivity contribution in [3.05, 3.63) is 18.1 Å². The monoisotopic (exact) mass is 194 g/mol. The fourth-order valence-corrected chi connectivity index (χ4v) is 1.00. The standard InChI is InChI=1S/C9H14N4O/c1-6(2)13-8-7(9(14)10-3)11-4-5-12-8/h4-6H,1-3H3,(H,10,14)(H,12,13). The first-order chi connectivity index (χ1) is 6.65. The molecule has 0 fully saturated rings. The van der Waals surface area contributed by atoms with Gasteiger partial charge in [0.2, 0.25) is 0 Å². The summed E-state index contributed by atoms with van der Waals surface area (Å²) in [5, 5.41) is 5.57. The molecule has 0 unspecified atom stereocenters. The molecule has 5 nitrogen and oxygen atoms in total. The number of anilines is 1. The van der Waals surface area contributed by atoms with Crippen LogP contribution >= 0.6 is 0 Å². The Morgan fingerprint density at radius 2 is 2.00 bits per heavy atom. The average molecular weight is 194 g/mol. The van der Waals surface area contributed by atoms with Crippen molar-refractivity contribution >= 4 is 11.7 Å². The number of nitrogens with zero attached hydrogens (tertiary/aromatic N) is 2. The summed E-state index contributed by atoms with van der Waals surface area (Å²) in [6, 6.07) is 0.218. The number of hydrogen-bond acceptors (Lipinski definition) is 4. The van der Waals surface area contributed by atoms with Crippen LogP contribution in [0.25, 0.3) is 0 Å². The maximum absolute atomic E-state index is 11.4. The maximum atomic E-state index is 11.4. The third-order valence-corrected chi connectivity index (χ3v) is 1.57. The lowest BCUT2D eigenvalue weighted by molar-refractivity contribution is 0.0958. The first-order valence-electron chi connectivity index (χ1n) is 4.44. The van der Waals surface area contributed by atoms with Gasteiger partial charge in [0.15, 0.2) is 11.5 Å². The molecule has 1 aromatic heterocycles. The molecule has 0 aliphatic carbocycles. The van der Waals surface area contributed by atoms with Crippen LogP contribution in [0.1, 0.15) is 24.3 Å². The van der Waals surface area contributed by atoms with Gasteiger partial charge in [-0.05, 0) is 13.8 Å². The van der Waals surface area contributed by atoms with Gasteiger partial charge in [-0.3, -0.25) is 4.79 Å². The molecular weight excluding hydrogens is 180 g/mol. The normalized spacial score (nSPS) is 10.0. The van der Waals surface area contributed by atoms with E-state index in [9.17, 15) is 4.79 Å². The molecule has 1 heterocycles. The smallest absolute Gasteiger partial charge is 0.273 e. The minimum atomic E-state index is -0.235. The van der Waals surface area contributed by atoms with Gasteiger partial charge in [0, 0.05) is 25.5 Å². The Morgan fingerprint density at radius 3 is 2.57 bits per heavy atom. The molecule has 1 rings (SSSR count). The molecule has 0 aliphatic heterocycles. The van der Waals surface area contributed by atoms with E-state index in [1.54, 1.807) is 13.2 Å². The van der Waals surface area contributed by atoms with E-state index in [0.29, 0.717) is 11.5 Å². The van der Waals surface area contributed by atoms with Crippen molar-refractivity contribution in [3.8, 4) is 0 Å². The molecule has 1 aromatic rings. The molecule has 14 heavy (non-hydrogen) atoms. The predicted molar refractivity (Wildman–Crippen MR) is 54.2 cm³/mol. The van der Waals surface area contributed by atoms with Crippen molar-refractivity contribution in [3.63, 3.8) is 0 Å². The maximum Gasteiger partial charge on any atom is 0.273 e. The van der Waals surface area contributed by atoms with Crippen LogP contribution in [-0.4, -0.2) is 29.0 Å². The van der Waals surface area contributed by atoms with E-state index in [4.69, 9.17) is 0 Å². The van der Waals surface area contributed by atoms with Crippen LogP contribution < -0.4 is 10.6 Å². The zero-order chi connectivity index (χ0) is 10.6. The Labute approximate surface area is 83.0 Å². The summed E-state index contributed by atoms with van der Waals surface area (Å²) in [7, 11) is 1.57. The quantitative estimate of drug-likeness (QED) is 0.741. The summed E-state index contributed by atoms with van der Waals surface area (Å²) in [5.41, 5.74) is 0.323. The highest BCUT2D eigenvalue weighted by Crippen LogP contribution is 2.08. The van der Waals surface area contributed by atoms with E-state index in [1.165, 1.54) is 6.20 Å². The highest BCUT2D eigenvalue weighted by molar-refractivity contribution is 5.96. The second-order valence-electron chi connectivity index (χ2n) is 3.13. The first-order valence-corrected chi connectivity index (χ1v) is 4.44. The number of hydrogen-bond donors (Lipinski definition) is 2. The Bertz CT molecular complexity index is 324. The molecule has 2 N–H and O–H groups in total. The molecule has 0 saturated heterocycles. The molecule has 5 heteroatoms. The van der Waals surface area contributed by atoms with Crippen LogP contribution in [0.15, 0.2) is 12.4 Å². The molecule has 76 valence electrons. The molecule has 0 aliphatic rings. The van der Waals surface area contributed by atoms with Gasteiger partial charge in [-0.2, -0.15) is 0 Å². The fraction of sp³-hybridized carbons (Fsp3) is 0.444. The minimum absolute atomic E-state index is 0.218. The van der Waals surface area contributed by atoms with Gasteiger partial charge in [0.05, 0.1) is 0 Å². The SMILES string of the molecule is CNC(=O)c1nccnc1NC(C)C. The molecule has 0 radical (unpaired) electrons. The van der Waals surface area contributed by atoms with Gasteiger partial charge in [-0.1, -0.05) is 0 Å². The molecular formula is C9H14N4O. The highest BCUT2D eigenvalue weighted by atomic mass is 16.1. The van der Waals surface area contributed by atoms with Gasteiger partial charge in [0.25, 0.3) is 5.91 Å². The second kappa shape index (κ2) is 4.55. The van der Waals surface area contributed by atoms with Crippen LogP contribution in [0.3, 0.4) is 0 Å². The van der Waals surface area contributed by atoms with Crippen molar-refractivity contribution in [1.82, 2.24) is 15.3 Å². The molecule has 0 aromatic carbocycles. The van der Waals surface area contributed by atoms with E-state index in [-0.39, 0.29) is 11.9 Å². The fourth-order valence-electron chi connectivity index (χ4n) is 1.00. The number of aromatic nitrogens is 2. The van der Waals surface area contributed by atoms with Crippen molar-refractivity contribution in [2.45, 2.75) is 19.9 Å². The zero-order valence-electron chi connectivity index (χ0n) is 8.53. The van der Waals surface area contributed by atoms with Crippen LogP contribution in [0.5, 0.6) is 0 Å². The van der Waals surface area contributed by atoms with E-state index >= 15 is 0 Å². The first kappa shape index (κ1) is 10.4. The van der Waals surface area contributed by atoms with Gasteiger partial charge in [0.1, 0.15) is 0 Å². The summed E-state index contributed by atoms with van der Waals surface area (Å²) in [4.78, 5) is 19.4. The second-order valence-corrected chi connectivity index (χ2v) is 3.13. The molecule has 1 amide bonds. The van der Waals surface area contributed by atoms with Crippen molar-refractivity contribution in [2.24, 2.45) is 0 Å². The number of rotatable bonds is 3. The number of carbonyl (C=O) groups is 1. The molecule has 0 spiro atoms. The number of amides is 1. The van der Waals surface area contributed by atoms with E-state index in [1.807, 2.05) is 13.8 Å². The third-order valence-electron chi connectivity index (χ3n) is 1.57. The Kier molecular flexibility index (Phi) is 3.39. The summed E-state index contributed by atoms with van der Waals surface area (Å²) >= 11 is 0. The molecule has 0 saturated carbocycles. The topological polar surface area (TPSA) is 66.9 Å². The highest BCUT2D eigenvalue weighted by Gasteiger charge is 2.12. The lowest BCUT2D eigenvalue weighted by atomic mass is 10.3. The van der Waals surface area contributed by atoms with Crippen molar-refractivity contribution in [1.29, 1.82) is 0 Å². The van der Waals surface area contributed by atoms with Crippen molar-refractivity contribution in [2.75, 3.05) is 12.4 Å². The van der Waals surface area contributed by atoms with Gasteiger partial charge < -0.3 is 10.6 Å². The average Bonchev–Trinajstić information content (AvgIpc) is 2.16. The van der Waals surface area contributed by atoms with Crippen LogP contribution in [-0.2, 0) is 0 Å². The number of carbonyl (C=O) groups excluding carboxylic acids is 1. The van der Waals surface area contributed by atoms with E-state index in [0.717, 1.165) is 0 Å². The minimum Gasteiger partial charge on any atom is -0.366 e. The molecule has 0 bridgehead atoms. The lowest BCUT2D eigenvalue weighted by Gasteiger charge is -2.11.